The van der Waals surface area contributed by atoms with E-state index in [-0.39, 0.29) is 0 Å². The van der Waals surface area contributed by atoms with Crippen LogP contribution in [0.4, 0.5) is 11.5 Å². The summed E-state index contributed by atoms with van der Waals surface area (Å²) in [4.78, 5) is 8.41. The number of aromatic nitrogens is 1. The first-order valence-electron chi connectivity index (χ1n) is 8.98. The minimum absolute atomic E-state index is 0.697. The van der Waals surface area contributed by atoms with Gasteiger partial charge in [-0.15, -0.1) is 0 Å². The molecule has 0 saturated carbocycles. The number of piperazine rings is 1. The van der Waals surface area contributed by atoms with Crippen LogP contribution < -0.4 is 19.5 Å². The maximum Gasteiger partial charge on any atom is 0.274 e. The van der Waals surface area contributed by atoms with Gasteiger partial charge in [0.15, 0.2) is 0 Å². The van der Waals surface area contributed by atoms with E-state index in [1.807, 2.05) is 13.0 Å². The largest absolute Gasteiger partial charge is 0.492 e. The molecule has 0 bridgehead atoms. The van der Waals surface area contributed by atoms with Crippen LogP contribution in [-0.2, 0) is 0 Å². The summed E-state index contributed by atoms with van der Waals surface area (Å²) in [5.41, 5.74) is 2.38. The Kier molecular flexibility index (Phi) is 4.42. The van der Waals surface area contributed by atoms with Crippen LogP contribution in [0, 0.1) is 0 Å². The Balaban J connectivity index is 1.49. The molecule has 1 aliphatic rings. The van der Waals surface area contributed by atoms with Crippen LogP contribution in [0.3, 0.4) is 0 Å². The molecule has 2 aromatic carbocycles. The van der Waals surface area contributed by atoms with Gasteiger partial charge in [-0.25, -0.2) is 4.98 Å². The lowest BCUT2D eigenvalue weighted by Crippen LogP contribution is -2.48. The van der Waals surface area contributed by atoms with Gasteiger partial charge < -0.3 is 9.64 Å². The van der Waals surface area contributed by atoms with Gasteiger partial charge in [0.2, 0.25) is 0 Å². The first-order chi connectivity index (χ1) is 12.3. The van der Waals surface area contributed by atoms with Crippen LogP contribution in [-0.4, -0.2) is 32.8 Å². The van der Waals surface area contributed by atoms with Crippen LogP contribution in [0.25, 0.3) is 10.9 Å². The molecular formula is C21H24N3O+. The van der Waals surface area contributed by atoms with Crippen LogP contribution >= 0.6 is 0 Å². The smallest absolute Gasteiger partial charge is 0.274 e. The van der Waals surface area contributed by atoms with E-state index < -0.39 is 0 Å². The van der Waals surface area contributed by atoms with Gasteiger partial charge in [0.05, 0.1) is 25.4 Å². The molecule has 1 fully saturated rings. The Hall–Kier alpha value is -2.75. The van der Waals surface area contributed by atoms with Gasteiger partial charge in [-0.3, -0.25) is 4.90 Å². The third-order valence-corrected chi connectivity index (χ3v) is 4.77. The van der Waals surface area contributed by atoms with Gasteiger partial charge in [-0.1, -0.05) is 30.3 Å². The summed E-state index contributed by atoms with van der Waals surface area (Å²) in [5.74, 6) is 2.17. The van der Waals surface area contributed by atoms with Crippen LogP contribution in [0.5, 0.6) is 5.75 Å². The maximum atomic E-state index is 5.79. The lowest BCUT2D eigenvalue weighted by Gasteiger charge is -2.33. The van der Waals surface area contributed by atoms with Crippen molar-refractivity contribution >= 4 is 22.4 Å². The predicted octanol–water partition coefficient (Wildman–Crippen LogP) is 3.38. The first-order valence-corrected chi connectivity index (χ1v) is 8.98. The van der Waals surface area contributed by atoms with Crippen LogP contribution in [0.15, 0.2) is 60.7 Å². The number of H-pyrrole nitrogens is 1. The maximum absolute atomic E-state index is 5.79. The number of anilines is 2. The van der Waals surface area contributed by atoms with Crippen molar-refractivity contribution in [3.63, 3.8) is 0 Å². The molecule has 1 N–H and O–H groups in total. The SMILES string of the molecule is CCOc1ccccc1N1CCN(c2ccc3ccccc3[nH+]2)CC1. The standard InChI is InChI=1S/C21H23N3O/c1-2-25-20-10-6-5-9-19(20)23-13-15-24(16-14-23)21-12-11-17-7-3-4-8-18(17)22-21/h3-12H,2,13-16H2,1H3/p+1. The zero-order valence-electron chi connectivity index (χ0n) is 14.6. The molecule has 1 saturated heterocycles. The zero-order chi connectivity index (χ0) is 17.1. The highest BCUT2D eigenvalue weighted by atomic mass is 16.5. The molecule has 0 unspecified atom stereocenters. The Bertz CT molecular complexity index is 856. The van der Waals surface area contributed by atoms with Crippen molar-refractivity contribution in [3.8, 4) is 5.75 Å². The molecule has 1 aliphatic heterocycles. The molecule has 0 radical (unpaired) electrons. The highest BCUT2D eigenvalue weighted by Crippen LogP contribution is 2.29. The molecule has 0 amide bonds. The average Bonchev–Trinajstić information content (AvgIpc) is 2.68. The topological polar surface area (TPSA) is 29.9 Å². The van der Waals surface area contributed by atoms with E-state index in [1.165, 1.54) is 22.4 Å². The zero-order valence-corrected chi connectivity index (χ0v) is 14.6. The van der Waals surface area contributed by atoms with Gasteiger partial charge >= 0.3 is 0 Å². The van der Waals surface area contributed by atoms with E-state index in [1.54, 1.807) is 0 Å². The van der Waals surface area contributed by atoms with Crippen molar-refractivity contribution < 1.29 is 9.72 Å². The number of nitrogens with zero attached hydrogens (tertiary/aromatic N) is 2. The fraction of sp³-hybridized carbons (Fsp3) is 0.286. The summed E-state index contributed by atoms with van der Waals surface area (Å²) in [6, 6.07) is 21.1. The summed E-state index contributed by atoms with van der Waals surface area (Å²) in [7, 11) is 0. The monoisotopic (exact) mass is 334 g/mol. The number of hydrogen-bond acceptors (Lipinski definition) is 3. The third kappa shape index (κ3) is 3.25. The highest BCUT2D eigenvalue weighted by molar-refractivity contribution is 5.76. The molecule has 4 rings (SSSR count). The van der Waals surface area contributed by atoms with Gasteiger partial charge in [0, 0.05) is 11.5 Å². The van der Waals surface area contributed by atoms with E-state index in [4.69, 9.17) is 4.74 Å². The fourth-order valence-corrected chi connectivity index (χ4v) is 3.47. The summed E-state index contributed by atoms with van der Waals surface area (Å²) < 4.78 is 5.79. The first kappa shape index (κ1) is 15.8. The molecule has 3 aromatic rings. The molecule has 0 spiro atoms. The predicted molar refractivity (Wildman–Crippen MR) is 103 cm³/mol. The summed E-state index contributed by atoms with van der Waals surface area (Å²) in [5, 5.41) is 1.25. The highest BCUT2D eigenvalue weighted by Gasteiger charge is 2.25. The number of nitrogens with one attached hydrogen (secondary N) is 1. The van der Waals surface area contributed by atoms with E-state index in [9.17, 15) is 0 Å². The molecule has 25 heavy (non-hydrogen) atoms. The van der Waals surface area contributed by atoms with Crippen LogP contribution in [0.1, 0.15) is 6.92 Å². The molecule has 2 heterocycles. The normalized spacial score (nSPS) is 14.8. The minimum Gasteiger partial charge on any atom is -0.492 e. The number of pyridine rings is 1. The lowest BCUT2D eigenvalue weighted by atomic mass is 10.2. The lowest BCUT2D eigenvalue weighted by molar-refractivity contribution is -0.330. The average molecular weight is 334 g/mol. The van der Waals surface area contributed by atoms with Crippen molar-refractivity contribution in [2.75, 3.05) is 42.6 Å². The van der Waals surface area contributed by atoms with Gasteiger partial charge in [-0.2, -0.15) is 0 Å². The molecule has 4 heteroatoms. The van der Waals surface area contributed by atoms with Crippen molar-refractivity contribution in [3.05, 3.63) is 60.7 Å². The molecule has 0 aliphatic carbocycles. The number of benzene rings is 2. The Morgan fingerprint density at radius 3 is 2.40 bits per heavy atom. The molecule has 1 aromatic heterocycles. The van der Waals surface area contributed by atoms with Crippen molar-refractivity contribution in [1.29, 1.82) is 0 Å². The number of para-hydroxylation sites is 3. The van der Waals surface area contributed by atoms with Gasteiger partial charge in [0.25, 0.3) is 5.82 Å². The summed E-state index contributed by atoms with van der Waals surface area (Å²) in [6.07, 6.45) is 0. The summed E-state index contributed by atoms with van der Waals surface area (Å²) in [6.45, 7) is 6.70. The van der Waals surface area contributed by atoms with E-state index in [0.29, 0.717) is 6.61 Å². The Labute approximate surface area is 148 Å². The Morgan fingerprint density at radius 2 is 1.56 bits per heavy atom. The summed E-state index contributed by atoms with van der Waals surface area (Å²) >= 11 is 0. The second-order valence-electron chi connectivity index (χ2n) is 6.31. The Morgan fingerprint density at radius 1 is 0.840 bits per heavy atom. The second kappa shape index (κ2) is 7.01. The van der Waals surface area contributed by atoms with E-state index >= 15 is 0 Å². The van der Waals surface area contributed by atoms with Crippen LogP contribution in [0.2, 0.25) is 0 Å². The van der Waals surface area contributed by atoms with E-state index in [2.05, 4.69) is 69.4 Å². The number of ether oxygens (including phenoxy) is 1. The second-order valence-corrected chi connectivity index (χ2v) is 6.31. The minimum atomic E-state index is 0.697. The van der Waals surface area contributed by atoms with Gasteiger partial charge in [0.1, 0.15) is 24.4 Å². The molecule has 128 valence electrons. The molecular weight excluding hydrogens is 310 g/mol. The van der Waals surface area contributed by atoms with Crippen molar-refractivity contribution in [1.82, 2.24) is 0 Å². The molecule has 0 atom stereocenters. The van der Waals surface area contributed by atoms with Crippen molar-refractivity contribution in [2.45, 2.75) is 6.92 Å². The number of hydrogen-bond donors (Lipinski definition) is 0. The quantitative estimate of drug-likeness (QED) is 0.733. The number of fused-ring (bicyclic) bond motifs is 1. The third-order valence-electron chi connectivity index (χ3n) is 4.77. The van der Waals surface area contributed by atoms with Gasteiger partial charge in [-0.05, 0) is 31.2 Å². The number of aromatic amines is 1. The van der Waals surface area contributed by atoms with Crippen molar-refractivity contribution in [2.24, 2.45) is 0 Å². The fourth-order valence-electron chi connectivity index (χ4n) is 3.47. The molecule has 4 nitrogen and oxygen atoms in total. The van der Waals surface area contributed by atoms with E-state index in [0.717, 1.165) is 31.9 Å². The number of rotatable bonds is 4.